The second-order valence-electron chi connectivity index (χ2n) is 3.36. The van der Waals surface area contributed by atoms with Gasteiger partial charge in [-0.2, -0.15) is 0 Å². The molecule has 1 fully saturated rings. The summed E-state index contributed by atoms with van der Waals surface area (Å²) in [6, 6.07) is 0. The van der Waals surface area contributed by atoms with Crippen LogP contribution in [0.25, 0.3) is 0 Å². The fraction of sp³-hybridized carbons (Fsp3) is 1.00. The molecule has 1 rings (SSSR count). The summed E-state index contributed by atoms with van der Waals surface area (Å²) in [5.74, 6) is 0. The highest BCUT2D eigenvalue weighted by atomic mass is 16.3. The van der Waals surface area contributed by atoms with Gasteiger partial charge in [0.05, 0.1) is 13.1 Å². The Kier molecular flexibility index (Phi) is 3.16. The van der Waals surface area contributed by atoms with Crippen LogP contribution in [0.2, 0.25) is 0 Å². The predicted octanol–water partition coefficient (Wildman–Crippen LogP) is -0.564. The standard InChI is InChI=1S/C8H17NO/c1-8(10)7-9-5-3-2-4-6-9/h8,10H,2-7H2,1H3/p+1/t8-/m1/s1. The molecule has 0 saturated carbocycles. The quantitative estimate of drug-likeness (QED) is 0.533. The molecule has 2 N–H and O–H groups in total. The van der Waals surface area contributed by atoms with E-state index in [9.17, 15) is 0 Å². The van der Waals surface area contributed by atoms with Gasteiger partial charge in [-0.05, 0) is 26.2 Å². The van der Waals surface area contributed by atoms with Gasteiger partial charge < -0.3 is 10.0 Å². The monoisotopic (exact) mass is 144 g/mol. The van der Waals surface area contributed by atoms with Gasteiger partial charge >= 0.3 is 0 Å². The van der Waals surface area contributed by atoms with Gasteiger partial charge in [-0.1, -0.05) is 0 Å². The Bertz CT molecular complexity index is 87.3. The number of aliphatic hydroxyl groups is 1. The zero-order valence-electron chi connectivity index (χ0n) is 6.77. The number of hydrogen-bond donors (Lipinski definition) is 2. The van der Waals surface area contributed by atoms with E-state index < -0.39 is 0 Å². The van der Waals surface area contributed by atoms with Crippen molar-refractivity contribution in [1.82, 2.24) is 0 Å². The Balaban J connectivity index is 2.13. The Morgan fingerprint density at radius 2 is 1.90 bits per heavy atom. The zero-order chi connectivity index (χ0) is 7.40. The maximum absolute atomic E-state index is 9.08. The molecule has 0 aromatic rings. The van der Waals surface area contributed by atoms with Crippen molar-refractivity contribution in [2.45, 2.75) is 32.3 Å². The second-order valence-corrected chi connectivity index (χ2v) is 3.36. The van der Waals surface area contributed by atoms with E-state index in [1.54, 1.807) is 4.90 Å². The van der Waals surface area contributed by atoms with E-state index in [1.807, 2.05) is 6.92 Å². The predicted molar refractivity (Wildman–Crippen MR) is 41.1 cm³/mol. The van der Waals surface area contributed by atoms with Gasteiger partial charge in [0, 0.05) is 0 Å². The first-order valence-corrected chi connectivity index (χ1v) is 4.30. The fourth-order valence-corrected chi connectivity index (χ4v) is 1.67. The number of piperidine rings is 1. The minimum Gasteiger partial charge on any atom is -0.388 e. The average Bonchev–Trinajstić information content (AvgIpc) is 1.88. The Hall–Kier alpha value is -0.0800. The van der Waals surface area contributed by atoms with Gasteiger partial charge in [0.2, 0.25) is 0 Å². The van der Waals surface area contributed by atoms with Crippen LogP contribution in [0.4, 0.5) is 0 Å². The van der Waals surface area contributed by atoms with Crippen LogP contribution >= 0.6 is 0 Å². The van der Waals surface area contributed by atoms with E-state index in [2.05, 4.69) is 0 Å². The molecule has 2 heteroatoms. The van der Waals surface area contributed by atoms with Crippen LogP contribution in [0.15, 0.2) is 0 Å². The first-order valence-electron chi connectivity index (χ1n) is 4.30. The molecule has 0 aliphatic carbocycles. The van der Waals surface area contributed by atoms with Crippen molar-refractivity contribution in [3.8, 4) is 0 Å². The number of likely N-dealkylation sites (tertiary alicyclic amines) is 1. The zero-order valence-corrected chi connectivity index (χ0v) is 6.77. The Labute approximate surface area is 62.8 Å². The average molecular weight is 144 g/mol. The van der Waals surface area contributed by atoms with Crippen molar-refractivity contribution in [2.24, 2.45) is 0 Å². The van der Waals surface area contributed by atoms with Gasteiger partial charge in [0.25, 0.3) is 0 Å². The highest BCUT2D eigenvalue weighted by molar-refractivity contribution is 4.48. The van der Waals surface area contributed by atoms with Crippen LogP contribution in [0, 0.1) is 0 Å². The van der Waals surface area contributed by atoms with E-state index in [4.69, 9.17) is 5.11 Å². The number of quaternary nitrogens is 1. The summed E-state index contributed by atoms with van der Waals surface area (Å²) in [5, 5.41) is 9.08. The maximum atomic E-state index is 9.08. The van der Waals surface area contributed by atoms with Crippen LogP contribution in [0.1, 0.15) is 26.2 Å². The van der Waals surface area contributed by atoms with E-state index in [0.717, 1.165) is 6.54 Å². The second kappa shape index (κ2) is 3.94. The molecule has 0 aromatic heterocycles. The summed E-state index contributed by atoms with van der Waals surface area (Å²) < 4.78 is 0. The Morgan fingerprint density at radius 3 is 2.40 bits per heavy atom. The third-order valence-electron chi connectivity index (χ3n) is 2.14. The molecule has 1 aliphatic heterocycles. The van der Waals surface area contributed by atoms with Gasteiger partial charge in [-0.3, -0.25) is 0 Å². The molecule has 60 valence electrons. The molecule has 0 unspecified atom stereocenters. The summed E-state index contributed by atoms with van der Waals surface area (Å²) >= 11 is 0. The SMILES string of the molecule is C[C@@H](O)C[NH+]1CCCCC1. The highest BCUT2D eigenvalue weighted by Crippen LogP contribution is 1.94. The highest BCUT2D eigenvalue weighted by Gasteiger charge is 2.14. The molecule has 0 aromatic carbocycles. The summed E-state index contributed by atoms with van der Waals surface area (Å²) in [4.78, 5) is 1.58. The smallest absolute Gasteiger partial charge is 0.103 e. The maximum Gasteiger partial charge on any atom is 0.103 e. The van der Waals surface area contributed by atoms with Gasteiger partial charge in [-0.25, -0.2) is 0 Å². The fourth-order valence-electron chi connectivity index (χ4n) is 1.67. The molecule has 1 atom stereocenters. The molecule has 1 aliphatic rings. The molecule has 1 heterocycles. The molecular formula is C8H18NO+. The summed E-state index contributed by atoms with van der Waals surface area (Å²) in [7, 11) is 0. The minimum absolute atomic E-state index is 0.118. The minimum atomic E-state index is -0.118. The number of nitrogens with one attached hydrogen (secondary N) is 1. The molecule has 0 bridgehead atoms. The summed E-state index contributed by atoms with van der Waals surface area (Å²) in [6.07, 6.45) is 3.97. The van der Waals surface area contributed by atoms with Crippen molar-refractivity contribution >= 4 is 0 Å². The van der Waals surface area contributed by atoms with Crippen LogP contribution in [0.5, 0.6) is 0 Å². The molecule has 1 saturated heterocycles. The molecule has 0 amide bonds. The van der Waals surface area contributed by atoms with Crippen molar-refractivity contribution in [2.75, 3.05) is 19.6 Å². The largest absolute Gasteiger partial charge is 0.388 e. The first-order chi connectivity index (χ1) is 4.79. The molecule has 10 heavy (non-hydrogen) atoms. The lowest BCUT2D eigenvalue weighted by Gasteiger charge is -2.24. The number of hydrogen-bond acceptors (Lipinski definition) is 1. The summed E-state index contributed by atoms with van der Waals surface area (Å²) in [5.41, 5.74) is 0. The van der Waals surface area contributed by atoms with Gasteiger partial charge in [-0.15, -0.1) is 0 Å². The number of rotatable bonds is 2. The molecule has 0 spiro atoms. The van der Waals surface area contributed by atoms with E-state index in [1.165, 1.54) is 32.4 Å². The number of aliphatic hydroxyl groups excluding tert-OH is 1. The van der Waals surface area contributed by atoms with Crippen LogP contribution in [-0.4, -0.2) is 30.8 Å². The molecular weight excluding hydrogens is 126 g/mol. The third-order valence-corrected chi connectivity index (χ3v) is 2.14. The van der Waals surface area contributed by atoms with Gasteiger partial charge in [0.15, 0.2) is 0 Å². The normalized spacial score (nSPS) is 24.6. The molecule has 2 nitrogen and oxygen atoms in total. The van der Waals surface area contributed by atoms with Crippen LogP contribution in [0.3, 0.4) is 0 Å². The van der Waals surface area contributed by atoms with Gasteiger partial charge in [0.1, 0.15) is 12.6 Å². The first kappa shape index (κ1) is 8.02. The lowest BCUT2D eigenvalue weighted by atomic mass is 10.1. The van der Waals surface area contributed by atoms with Crippen molar-refractivity contribution in [3.63, 3.8) is 0 Å². The topological polar surface area (TPSA) is 24.7 Å². The van der Waals surface area contributed by atoms with Crippen molar-refractivity contribution in [3.05, 3.63) is 0 Å². The van der Waals surface area contributed by atoms with Crippen molar-refractivity contribution < 1.29 is 10.0 Å². The Morgan fingerprint density at radius 1 is 1.30 bits per heavy atom. The third kappa shape index (κ3) is 2.67. The summed E-state index contributed by atoms with van der Waals surface area (Å²) in [6.45, 7) is 5.36. The van der Waals surface area contributed by atoms with Crippen LogP contribution < -0.4 is 4.90 Å². The lowest BCUT2D eigenvalue weighted by Crippen LogP contribution is -3.13. The van der Waals surface area contributed by atoms with Crippen LogP contribution in [-0.2, 0) is 0 Å². The van der Waals surface area contributed by atoms with Crippen molar-refractivity contribution in [1.29, 1.82) is 0 Å². The van der Waals surface area contributed by atoms with E-state index >= 15 is 0 Å². The van der Waals surface area contributed by atoms with E-state index in [0.29, 0.717) is 0 Å². The molecule has 0 radical (unpaired) electrons. The lowest BCUT2D eigenvalue weighted by molar-refractivity contribution is -0.907. The van der Waals surface area contributed by atoms with E-state index in [-0.39, 0.29) is 6.10 Å².